The van der Waals surface area contributed by atoms with E-state index in [0.29, 0.717) is 29.9 Å². The molecule has 1 aliphatic heterocycles. The molecule has 4 rings (SSSR count). The van der Waals surface area contributed by atoms with E-state index in [1.54, 1.807) is 23.1 Å². The van der Waals surface area contributed by atoms with Crippen molar-refractivity contribution in [1.82, 2.24) is 20.4 Å². The topological polar surface area (TPSA) is 80.5 Å². The lowest BCUT2D eigenvalue weighted by Crippen LogP contribution is -2.46. The van der Waals surface area contributed by atoms with Crippen molar-refractivity contribution in [2.24, 2.45) is 0 Å². The molecule has 0 saturated heterocycles. The third kappa shape index (κ3) is 4.24. The average Bonchev–Trinajstić information content (AvgIpc) is 3.27. The molecule has 1 atom stereocenters. The van der Waals surface area contributed by atoms with E-state index in [1.807, 2.05) is 50.2 Å². The second-order valence-corrected chi connectivity index (χ2v) is 7.65. The zero-order chi connectivity index (χ0) is 22.7. The molecule has 2 heterocycles. The number of rotatable bonds is 7. The summed E-state index contributed by atoms with van der Waals surface area (Å²) < 4.78 is 11.2. The maximum absolute atomic E-state index is 12.8. The van der Waals surface area contributed by atoms with E-state index in [2.05, 4.69) is 22.0 Å². The second-order valence-electron chi connectivity index (χ2n) is 7.21. The van der Waals surface area contributed by atoms with Crippen molar-refractivity contribution in [1.29, 1.82) is 0 Å². The van der Waals surface area contributed by atoms with Gasteiger partial charge in [-0.25, -0.2) is 4.79 Å². The molecule has 0 bridgehead atoms. The molecule has 32 heavy (non-hydrogen) atoms. The molecule has 1 N–H and O–H groups in total. The molecule has 7 nitrogen and oxygen atoms in total. The summed E-state index contributed by atoms with van der Waals surface area (Å²) in [6, 6.07) is 14.1. The van der Waals surface area contributed by atoms with E-state index in [0.717, 1.165) is 28.1 Å². The third-order valence-corrected chi connectivity index (χ3v) is 5.44. The maximum Gasteiger partial charge on any atom is 0.322 e. The van der Waals surface area contributed by atoms with Crippen molar-refractivity contribution in [3.8, 4) is 17.1 Å². The molecule has 1 aliphatic rings. The Kier molecular flexibility index (Phi) is 6.28. The molecule has 0 saturated carbocycles. The van der Waals surface area contributed by atoms with Gasteiger partial charge in [0.05, 0.1) is 18.2 Å². The molecule has 0 radical (unpaired) electrons. The number of ether oxygens (including phenoxy) is 1. The van der Waals surface area contributed by atoms with E-state index in [9.17, 15) is 4.79 Å². The van der Waals surface area contributed by atoms with Crippen molar-refractivity contribution in [3.05, 3.63) is 83.4 Å². The summed E-state index contributed by atoms with van der Waals surface area (Å²) in [5, 5.41) is 7.81. The number of halogens is 1. The van der Waals surface area contributed by atoms with Crippen molar-refractivity contribution in [3.63, 3.8) is 0 Å². The van der Waals surface area contributed by atoms with Crippen molar-refractivity contribution in [2.75, 3.05) is 13.2 Å². The molecular formula is C24H23ClN4O3. The monoisotopic (exact) mass is 450 g/mol. The number of urea groups is 1. The number of nitrogens with zero attached hydrogens (tertiary/aromatic N) is 3. The molecule has 0 fully saturated rings. The minimum Gasteiger partial charge on any atom is -0.494 e. The molecule has 1 unspecified atom stereocenters. The number of hydrogen-bond donors (Lipinski definition) is 1. The Hall–Kier alpha value is -3.58. The lowest BCUT2D eigenvalue weighted by atomic mass is 9.94. The number of aromatic nitrogens is 2. The zero-order valence-electron chi connectivity index (χ0n) is 17.8. The number of nitrogens with one attached hydrogen (secondary N) is 1. The molecular weight excluding hydrogens is 428 g/mol. The Morgan fingerprint density at radius 2 is 1.94 bits per heavy atom. The van der Waals surface area contributed by atoms with E-state index in [1.165, 1.54) is 0 Å². The van der Waals surface area contributed by atoms with Crippen LogP contribution in [0, 0.1) is 0 Å². The van der Waals surface area contributed by atoms with E-state index >= 15 is 0 Å². The van der Waals surface area contributed by atoms with Gasteiger partial charge < -0.3 is 14.6 Å². The first-order chi connectivity index (χ1) is 15.5. The Morgan fingerprint density at radius 1 is 1.22 bits per heavy atom. The second kappa shape index (κ2) is 9.28. The summed E-state index contributed by atoms with van der Waals surface area (Å²) in [5.41, 5.74) is 3.10. The van der Waals surface area contributed by atoms with E-state index < -0.39 is 6.04 Å². The average molecular weight is 451 g/mol. The van der Waals surface area contributed by atoms with Crippen molar-refractivity contribution < 1.29 is 14.1 Å². The Labute approximate surface area is 191 Å². The largest absolute Gasteiger partial charge is 0.494 e. The number of hydrogen-bond acceptors (Lipinski definition) is 5. The zero-order valence-corrected chi connectivity index (χ0v) is 18.6. The highest BCUT2D eigenvalue weighted by Gasteiger charge is 2.35. The van der Waals surface area contributed by atoms with Gasteiger partial charge in [0.1, 0.15) is 5.75 Å². The normalized spacial score (nSPS) is 16.2. The van der Waals surface area contributed by atoms with Crippen LogP contribution in [0.4, 0.5) is 4.79 Å². The minimum absolute atomic E-state index is 0.225. The van der Waals surface area contributed by atoms with Crippen molar-refractivity contribution in [2.45, 2.75) is 19.9 Å². The fraction of sp³-hybridized carbons (Fsp3) is 0.208. The summed E-state index contributed by atoms with van der Waals surface area (Å²) in [4.78, 5) is 19.0. The predicted molar refractivity (Wildman–Crippen MR) is 123 cm³/mol. The lowest BCUT2D eigenvalue weighted by molar-refractivity contribution is 0.209. The summed E-state index contributed by atoms with van der Waals surface area (Å²) in [6.07, 6.45) is 1.67. The Morgan fingerprint density at radius 3 is 2.59 bits per heavy atom. The summed E-state index contributed by atoms with van der Waals surface area (Å²) in [6.45, 7) is 8.50. The number of benzene rings is 2. The van der Waals surface area contributed by atoms with Crippen LogP contribution in [0.15, 0.2) is 71.4 Å². The van der Waals surface area contributed by atoms with Crippen LogP contribution in [0.5, 0.6) is 5.75 Å². The summed E-state index contributed by atoms with van der Waals surface area (Å²) in [7, 11) is 0. The van der Waals surface area contributed by atoms with Gasteiger partial charge in [0, 0.05) is 22.8 Å². The van der Waals surface area contributed by atoms with Gasteiger partial charge in [-0.2, -0.15) is 4.98 Å². The number of carbonyl (C=O) groups is 1. The summed E-state index contributed by atoms with van der Waals surface area (Å²) in [5.74, 6) is 1.56. The molecule has 8 heteroatoms. The molecule has 0 aliphatic carbocycles. The molecule has 2 amide bonds. The first-order valence-electron chi connectivity index (χ1n) is 10.2. The Bertz CT molecular complexity index is 1150. The van der Waals surface area contributed by atoms with E-state index in [-0.39, 0.29) is 6.03 Å². The fourth-order valence-electron chi connectivity index (χ4n) is 3.63. The molecule has 3 aromatic rings. The van der Waals surface area contributed by atoms with Gasteiger partial charge in [0.15, 0.2) is 0 Å². The fourth-order valence-corrected chi connectivity index (χ4v) is 3.76. The van der Waals surface area contributed by atoms with Gasteiger partial charge >= 0.3 is 6.03 Å². The third-order valence-electron chi connectivity index (χ3n) is 5.19. The first kappa shape index (κ1) is 21.6. The van der Waals surface area contributed by atoms with Gasteiger partial charge in [-0.3, -0.25) is 4.90 Å². The minimum atomic E-state index is -0.463. The van der Waals surface area contributed by atoms with Crippen LogP contribution in [-0.2, 0) is 0 Å². The molecule has 2 aromatic carbocycles. The van der Waals surface area contributed by atoms with Crippen LogP contribution in [-0.4, -0.2) is 34.2 Å². The number of carbonyl (C=O) groups excluding carboxylic acids is 1. The van der Waals surface area contributed by atoms with Crippen LogP contribution < -0.4 is 10.1 Å². The van der Waals surface area contributed by atoms with Crippen molar-refractivity contribution >= 4 is 23.2 Å². The highest BCUT2D eigenvalue weighted by Crippen LogP contribution is 2.37. The predicted octanol–water partition coefficient (Wildman–Crippen LogP) is 5.47. The lowest BCUT2D eigenvalue weighted by Gasteiger charge is -2.34. The van der Waals surface area contributed by atoms with Gasteiger partial charge in [0.25, 0.3) is 5.89 Å². The number of amides is 2. The highest BCUT2D eigenvalue weighted by molar-refractivity contribution is 6.30. The maximum atomic E-state index is 12.8. The number of allylic oxidation sites excluding steroid dienone is 1. The smallest absolute Gasteiger partial charge is 0.322 e. The van der Waals surface area contributed by atoms with E-state index in [4.69, 9.17) is 20.9 Å². The summed E-state index contributed by atoms with van der Waals surface area (Å²) >= 11 is 6.06. The van der Waals surface area contributed by atoms with Gasteiger partial charge in [0.2, 0.25) is 5.82 Å². The van der Waals surface area contributed by atoms with Gasteiger partial charge in [-0.15, -0.1) is 6.58 Å². The SMILES string of the molecule is C=CCN1C(=O)NC(c2ccc(Cl)cc2)C(c2nc(-c3ccc(OCC)cc3)no2)=C1C. The van der Waals surface area contributed by atoms with Crippen LogP contribution in [0.3, 0.4) is 0 Å². The highest BCUT2D eigenvalue weighted by atomic mass is 35.5. The van der Waals surface area contributed by atoms with Gasteiger partial charge in [-0.1, -0.05) is 35.0 Å². The quantitative estimate of drug-likeness (QED) is 0.482. The van der Waals surface area contributed by atoms with Crippen LogP contribution in [0.1, 0.15) is 31.3 Å². The van der Waals surface area contributed by atoms with Gasteiger partial charge in [-0.05, 0) is 55.8 Å². The molecule has 1 aromatic heterocycles. The molecule has 164 valence electrons. The van der Waals surface area contributed by atoms with Crippen LogP contribution in [0.25, 0.3) is 17.0 Å². The first-order valence-corrected chi connectivity index (χ1v) is 10.6. The molecule has 0 spiro atoms. The Balaban J connectivity index is 1.75. The standard InChI is InChI=1S/C24H23ClN4O3/c1-4-14-29-15(3)20(21(26-24(29)30)16-6-10-18(25)11-7-16)23-27-22(28-32-23)17-8-12-19(13-9-17)31-5-2/h4,6-13,21H,1,5,14H2,2-3H3,(H,26,30). The van der Waals surface area contributed by atoms with Crippen LogP contribution in [0.2, 0.25) is 5.02 Å². The van der Waals surface area contributed by atoms with Crippen LogP contribution >= 0.6 is 11.6 Å².